The van der Waals surface area contributed by atoms with Crippen molar-refractivity contribution >= 4 is 52.9 Å². The average Bonchev–Trinajstić information content (AvgIpc) is 2.82. The quantitative estimate of drug-likeness (QED) is 0.323. The van der Waals surface area contributed by atoms with Crippen molar-refractivity contribution in [3.8, 4) is 5.75 Å². The van der Waals surface area contributed by atoms with Crippen LogP contribution < -0.4 is 20.4 Å². The van der Waals surface area contributed by atoms with Crippen molar-refractivity contribution < 1.29 is 22.6 Å². The molecular weight excluding hydrogens is 510 g/mol. The molecular formula is C21H18Cl2F3N7O2. The average molecular weight is 528 g/mol. The maximum atomic E-state index is 12.4. The molecule has 1 fully saturated rings. The van der Waals surface area contributed by atoms with E-state index in [0.29, 0.717) is 53.5 Å². The topological polar surface area (TPSA) is 96.8 Å². The lowest BCUT2D eigenvalue weighted by atomic mass is 10.2. The second-order valence-corrected chi connectivity index (χ2v) is 7.90. The molecule has 0 bridgehead atoms. The number of aromatic nitrogens is 3. The molecule has 0 amide bonds. The lowest BCUT2D eigenvalue weighted by Gasteiger charge is -2.27. The Morgan fingerprint density at radius 2 is 1.63 bits per heavy atom. The molecule has 35 heavy (non-hydrogen) atoms. The summed E-state index contributed by atoms with van der Waals surface area (Å²) in [6, 6.07) is 10.2. The van der Waals surface area contributed by atoms with Crippen molar-refractivity contribution in [2.45, 2.75) is 6.36 Å². The third-order valence-electron chi connectivity index (χ3n) is 4.62. The van der Waals surface area contributed by atoms with E-state index in [2.05, 4.69) is 35.5 Å². The molecule has 0 spiro atoms. The minimum atomic E-state index is -4.77. The van der Waals surface area contributed by atoms with Gasteiger partial charge in [0.25, 0.3) is 0 Å². The molecule has 0 radical (unpaired) electrons. The summed E-state index contributed by atoms with van der Waals surface area (Å²) in [7, 11) is 0. The maximum Gasteiger partial charge on any atom is 0.573 e. The van der Waals surface area contributed by atoms with Gasteiger partial charge in [-0.25, -0.2) is 5.43 Å². The fraction of sp³-hybridized carbons (Fsp3) is 0.238. The van der Waals surface area contributed by atoms with Gasteiger partial charge >= 0.3 is 6.36 Å². The van der Waals surface area contributed by atoms with Gasteiger partial charge in [-0.1, -0.05) is 29.3 Å². The third kappa shape index (κ3) is 7.07. The van der Waals surface area contributed by atoms with Gasteiger partial charge in [0.2, 0.25) is 17.8 Å². The number of hydrazone groups is 1. The summed E-state index contributed by atoms with van der Waals surface area (Å²) in [5.74, 6) is 0.304. The van der Waals surface area contributed by atoms with Crippen LogP contribution in [0.4, 0.5) is 36.7 Å². The van der Waals surface area contributed by atoms with Crippen molar-refractivity contribution in [2.24, 2.45) is 5.10 Å². The molecule has 0 atom stereocenters. The molecule has 14 heteroatoms. The summed E-state index contributed by atoms with van der Waals surface area (Å²) in [4.78, 5) is 15.0. The van der Waals surface area contributed by atoms with Gasteiger partial charge in [0.1, 0.15) is 5.75 Å². The predicted molar refractivity (Wildman–Crippen MR) is 127 cm³/mol. The number of nitrogens with zero attached hydrogens (tertiary/aromatic N) is 5. The van der Waals surface area contributed by atoms with Crippen LogP contribution in [0, 0.1) is 0 Å². The van der Waals surface area contributed by atoms with Gasteiger partial charge in [0.05, 0.1) is 29.5 Å². The minimum absolute atomic E-state index is 0.125. The fourth-order valence-electron chi connectivity index (χ4n) is 3.03. The first-order chi connectivity index (χ1) is 16.8. The summed E-state index contributed by atoms with van der Waals surface area (Å²) in [5, 5.41) is 7.92. The molecule has 0 unspecified atom stereocenters. The predicted octanol–water partition coefficient (Wildman–Crippen LogP) is 5.10. The molecule has 1 aliphatic heterocycles. The van der Waals surface area contributed by atoms with Gasteiger partial charge in [-0.2, -0.15) is 20.1 Å². The normalized spacial score (nSPS) is 14.3. The second-order valence-electron chi connectivity index (χ2n) is 7.08. The van der Waals surface area contributed by atoms with Crippen LogP contribution in [0.15, 0.2) is 47.6 Å². The van der Waals surface area contributed by atoms with Crippen LogP contribution in [-0.2, 0) is 4.74 Å². The van der Waals surface area contributed by atoms with E-state index in [4.69, 9.17) is 27.9 Å². The number of rotatable bonds is 7. The van der Waals surface area contributed by atoms with Gasteiger partial charge in [0, 0.05) is 24.3 Å². The van der Waals surface area contributed by atoms with Crippen LogP contribution in [0.5, 0.6) is 5.75 Å². The molecule has 0 saturated carbocycles. The van der Waals surface area contributed by atoms with Crippen LogP contribution in [-0.4, -0.2) is 53.8 Å². The van der Waals surface area contributed by atoms with Gasteiger partial charge in [-0.15, -0.1) is 13.2 Å². The van der Waals surface area contributed by atoms with Crippen LogP contribution in [0.3, 0.4) is 0 Å². The molecule has 3 aromatic rings. The summed E-state index contributed by atoms with van der Waals surface area (Å²) in [6.45, 7) is 2.18. The molecule has 184 valence electrons. The smallest absolute Gasteiger partial charge is 0.406 e. The highest BCUT2D eigenvalue weighted by molar-refractivity contribution is 6.38. The van der Waals surface area contributed by atoms with Crippen molar-refractivity contribution in [3.63, 3.8) is 0 Å². The van der Waals surface area contributed by atoms with Crippen LogP contribution in [0.2, 0.25) is 10.0 Å². The molecule has 2 aromatic carbocycles. The number of anilines is 4. The summed E-state index contributed by atoms with van der Waals surface area (Å²) < 4.78 is 46.5. The van der Waals surface area contributed by atoms with Crippen molar-refractivity contribution in [1.82, 2.24) is 15.0 Å². The highest BCUT2D eigenvalue weighted by Gasteiger charge is 2.31. The number of ether oxygens (including phenoxy) is 2. The van der Waals surface area contributed by atoms with Crippen molar-refractivity contribution in [2.75, 3.05) is 41.9 Å². The number of nitrogens with one attached hydrogen (secondary N) is 2. The van der Waals surface area contributed by atoms with E-state index in [1.807, 2.05) is 4.90 Å². The lowest BCUT2D eigenvalue weighted by Crippen LogP contribution is -2.37. The fourth-order valence-corrected chi connectivity index (χ4v) is 3.53. The first-order valence-electron chi connectivity index (χ1n) is 10.2. The third-order valence-corrected chi connectivity index (χ3v) is 5.28. The summed E-state index contributed by atoms with van der Waals surface area (Å²) in [5.41, 5.74) is 3.69. The number of hydrogen-bond acceptors (Lipinski definition) is 9. The Kier molecular flexibility index (Phi) is 7.73. The summed E-state index contributed by atoms with van der Waals surface area (Å²) >= 11 is 12.3. The standard InChI is InChI=1S/C21H18Cl2F3N7O2/c22-16-2-1-3-17(23)15(16)12-27-32-19-29-18(30-20(31-19)33-8-10-34-11-9-33)28-13-4-6-14(7-5-13)35-21(24,25)26/h1-7,12H,8-11H2,(H2,28,29,30,31,32)/b27-12+. The largest absolute Gasteiger partial charge is 0.573 e. The monoisotopic (exact) mass is 527 g/mol. The van der Waals surface area contributed by atoms with E-state index < -0.39 is 6.36 Å². The Labute approximate surface area is 207 Å². The van der Waals surface area contributed by atoms with E-state index in [1.165, 1.54) is 30.5 Å². The van der Waals surface area contributed by atoms with E-state index >= 15 is 0 Å². The number of alkyl halides is 3. The highest BCUT2D eigenvalue weighted by Crippen LogP contribution is 2.26. The molecule has 1 aromatic heterocycles. The van der Waals surface area contributed by atoms with E-state index in [9.17, 15) is 13.2 Å². The second kappa shape index (κ2) is 10.9. The van der Waals surface area contributed by atoms with Gasteiger partial charge in [0.15, 0.2) is 0 Å². The summed E-state index contributed by atoms with van der Waals surface area (Å²) in [6.07, 6.45) is -3.33. The molecule has 2 N–H and O–H groups in total. The molecule has 1 saturated heterocycles. The highest BCUT2D eigenvalue weighted by atomic mass is 35.5. The Hall–Kier alpha value is -3.35. The van der Waals surface area contributed by atoms with Gasteiger partial charge in [-0.05, 0) is 36.4 Å². The maximum absolute atomic E-state index is 12.4. The van der Waals surface area contributed by atoms with Crippen LogP contribution in [0.25, 0.3) is 0 Å². The molecule has 0 aliphatic carbocycles. The zero-order chi connectivity index (χ0) is 24.8. The minimum Gasteiger partial charge on any atom is -0.406 e. The Bertz CT molecular complexity index is 1170. The molecule has 9 nitrogen and oxygen atoms in total. The zero-order valence-electron chi connectivity index (χ0n) is 17.9. The van der Waals surface area contributed by atoms with Crippen molar-refractivity contribution in [3.05, 3.63) is 58.1 Å². The van der Waals surface area contributed by atoms with E-state index in [0.717, 1.165) is 0 Å². The van der Waals surface area contributed by atoms with E-state index in [1.54, 1.807) is 18.2 Å². The number of hydrogen-bond donors (Lipinski definition) is 2. The van der Waals surface area contributed by atoms with Gasteiger partial charge < -0.3 is 19.7 Å². The van der Waals surface area contributed by atoms with E-state index in [-0.39, 0.29) is 17.6 Å². The number of halogens is 5. The Balaban J connectivity index is 1.55. The lowest BCUT2D eigenvalue weighted by molar-refractivity contribution is -0.274. The van der Waals surface area contributed by atoms with Crippen molar-refractivity contribution in [1.29, 1.82) is 0 Å². The molecule has 2 heterocycles. The molecule has 1 aliphatic rings. The number of benzene rings is 2. The van der Waals surface area contributed by atoms with Crippen LogP contribution >= 0.6 is 23.2 Å². The molecule has 4 rings (SSSR count). The zero-order valence-corrected chi connectivity index (χ0v) is 19.4. The van der Waals surface area contributed by atoms with Gasteiger partial charge in [-0.3, -0.25) is 0 Å². The van der Waals surface area contributed by atoms with Crippen LogP contribution in [0.1, 0.15) is 5.56 Å². The SMILES string of the molecule is FC(F)(F)Oc1ccc(Nc2nc(N/N=C/c3c(Cl)cccc3Cl)nc(N3CCOCC3)n2)cc1. The first-order valence-corrected chi connectivity index (χ1v) is 11.0. The first kappa shape index (κ1) is 24.8. The number of morpholine rings is 1. The Morgan fingerprint density at radius 3 is 2.29 bits per heavy atom. The Morgan fingerprint density at radius 1 is 0.971 bits per heavy atom.